The number of hydrogen-bond acceptors (Lipinski definition) is 2. The van der Waals surface area contributed by atoms with Crippen LogP contribution >= 0.6 is 15.9 Å². The van der Waals surface area contributed by atoms with E-state index in [1.165, 1.54) is 0 Å². The van der Waals surface area contributed by atoms with Gasteiger partial charge in [-0.2, -0.15) is 0 Å². The molecule has 0 aromatic heterocycles. The maximum absolute atomic E-state index is 10.3. The fourth-order valence-electron chi connectivity index (χ4n) is 0.615. The minimum Gasteiger partial charge on any atom is -0.369 e. The fourth-order valence-corrected chi connectivity index (χ4v) is 1.04. The molecule has 0 fully saturated rings. The zero-order valence-electron chi connectivity index (χ0n) is 5.93. The summed E-state index contributed by atoms with van der Waals surface area (Å²) in [7, 11) is 1.80. The van der Waals surface area contributed by atoms with Crippen LogP contribution in [-0.4, -0.2) is 30.9 Å². The van der Waals surface area contributed by atoms with Gasteiger partial charge in [0.15, 0.2) is 0 Å². The molecule has 0 saturated carbocycles. The van der Waals surface area contributed by atoms with E-state index in [0.717, 1.165) is 4.48 Å². The van der Waals surface area contributed by atoms with Crippen molar-refractivity contribution in [3.8, 4) is 0 Å². The van der Waals surface area contributed by atoms with Gasteiger partial charge in [0, 0.05) is 11.0 Å². The number of nitrogens with two attached hydrogens (primary N) is 1. The molecule has 1 amide bonds. The number of nitrogens with zero attached hydrogens (tertiary/aromatic N) is 1. The lowest BCUT2D eigenvalue weighted by Gasteiger charge is -2.12. The summed E-state index contributed by atoms with van der Waals surface area (Å²) in [4.78, 5) is 12.1. The van der Waals surface area contributed by atoms with Gasteiger partial charge in [0.05, 0.1) is 6.54 Å². The van der Waals surface area contributed by atoms with E-state index in [2.05, 4.69) is 22.5 Å². The smallest absolute Gasteiger partial charge is 0.231 e. The molecule has 58 valence electrons. The third-order valence-electron chi connectivity index (χ3n) is 0.867. The van der Waals surface area contributed by atoms with Gasteiger partial charge in [-0.3, -0.25) is 9.69 Å². The quantitative estimate of drug-likeness (QED) is 0.721. The third kappa shape index (κ3) is 5.78. The average molecular weight is 207 g/mol. The summed E-state index contributed by atoms with van der Waals surface area (Å²) >= 11 is 3.18. The van der Waals surface area contributed by atoms with Gasteiger partial charge in [0.25, 0.3) is 0 Å². The number of carbonyl (C=O) groups excluding carboxylic acids is 1. The molecular weight excluding hydrogens is 196 g/mol. The molecule has 4 heteroatoms. The molecule has 0 aliphatic rings. The van der Waals surface area contributed by atoms with Gasteiger partial charge in [-0.25, -0.2) is 0 Å². The predicted octanol–water partition coefficient (Wildman–Crippen LogP) is 0.312. The summed E-state index contributed by atoms with van der Waals surface area (Å²) in [6, 6.07) is 0. The van der Waals surface area contributed by atoms with Crippen molar-refractivity contribution in [2.75, 3.05) is 20.1 Å². The Bertz CT molecular complexity index is 131. The Balaban J connectivity index is 3.53. The van der Waals surface area contributed by atoms with Gasteiger partial charge in [-0.05, 0) is 7.05 Å². The van der Waals surface area contributed by atoms with Gasteiger partial charge < -0.3 is 5.73 Å². The molecule has 0 heterocycles. The van der Waals surface area contributed by atoms with Gasteiger partial charge in [-0.1, -0.05) is 22.5 Å². The van der Waals surface area contributed by atoms with E-state index >= 15 is 0 Å². The molecule has 0 atom stereocenters. The summed E-state index contributed by atoms with van der Waals surface area (Å²) in [5, 5.41) is 0. The Morgan fingerprint density at radius 1 is 1.70 bits per heavy atom. The van der Waals surface area contributed by atoms with Crippen LogP contribution in [0.15, 0.2) is 11.1 Å². The molecule has 0 aliphatic heterocycles. The average Bonchev–Trinajstić information content (AvgIpc) is 1.58. The number of amides is 1. The van der Waals surface area contributed by atoms with E-state index in [9.17, 15) is 4.79 Å². The molecule has 0 aromatic rings. The lowest BCUT2D eigenvalue weighted by atomic mass is 10.5. The Hall–Kier alpha value is -0.350. The molecule has 0 aliphatic carbocycles. The Morgan fingerprint density at radius 3 is 2.50 bits per heavy atom. The number of carbonyl (C=O) groups is 1. The number of rotatable bonds is 4. The maximum Gasteiger partial charge on any atom is 0.231 e. The summed E-state index contributed by atoms with van der Waals surface area (Å²) in [5.74, 6) is -0.323. The number of likely N-dealkylation sites (N-methyl/N-ethyl adjacent to an activating group) is 1. The first kappa shape index (κ1) is 9.65. The number of hydrogen-bond donors (Lipinski definition) is 1. The van der Waals surface area contributed by atoms with Gasteiger partial charge in [0.2, 0.25) is 5.91 Å². The summed E-state index contributed by atoms with van der Waals surface area (Å²) < 4.78 is 0.844. The molecule has 2 N–H and O–H groups in total. The lowest BCUT2D eigenvalue weighted by Crippen LogP contribution is -2.31. The number of halogens is 1. The Kier molecular flexibility index (Phi) is 4.31. The molecule has 0 spiro atoms. The van der Waals surface area contributed by atoms with Crippen LogP contribution in [0.2, 0.25) is 0 Å². The highest BCUT2D eigenvalue weighted by Crippen LogP contribution is 2.01. The van der Waals surface area contributed by atoms with Crippen molar-refractivity contribution in [3.63, 3.8) is 0 Å². The van der Waals surface area contributed by atoms with Gasteiger partial charge >= 0.3 is 0 Å². The van der Waals surface area contributed by atoms with Crippen molar-refractivity contribution < 1.29 is 4.79 Å². The molecule has 0 bridgehead atoms. The highest BCUT2D eigenvalue weighted by atomic mass is 79.9. The van der Waals surface area contributed by atoms with Crippen molar-refractivity contribution in [2.24, 2.45) is 5.73 Å². The zero-order chi connectivity index (χ0) is 8.15. The predicted molar refractivity (Wildman–Crippen MR) is 44.8 cm³/mol. The second-order valence-corrected chi connectivity index (χ2v) is 3.28. The van der Waals surface area contributed by atoms with E-state index in [1.807, 2.05) is 0 Å². The SMILES string of the molecule is C=C(Br)CN(C)CC(N)=O. The zero-order valence-corrected chi connectivity index (χ0v) is 7.52. The summed E-state index contributed by atoms with van der Waals surface area (Å²) in [6.07, 6.45) is 0. The highest BCUT2D eigenvalue weighted by molar-refractivity contribution is 9.11. The Morgan fingerprint density at radius 2 is 2.20 bits per heavy atom. The monoisotopic (exact) mass is 206 g/mol. The van der Waals surface area contributed by atoms with E-state index < -0.39 is 0 Å². The maximum atomic E-state index is 10.3. The van der Waals surface area contributed by atoms with Crippen LogP contribution < -0.4 is 5.73 Å². The topological polar surface area (TPSA) is 46.3 Å². The first-order chi connectivity index (χ1) is 4.52. The van der Waals surface area contributed by atoms with Gasteiger partial charge in [-0.15, -0.1) is 0 Å². The second-order valence-electron chi connectivity index (χ2n) is 2.16. The molecular formula is C6H11BrN2O. The fraction of sp³-hybridized carbons (Fsp3) is 0.500. The molecule has 3 nitrogen and oxygen atoms in total. The van der Waals surface area contributed by atoms with Crippen molar-refractivity contribution in [3.05, 3.63) is 11.1 Å². The minimum absolute atomic E-state index is 0.268. The van der Waals surface area contributed by atoms with Crippen molar-refractivity contribution in [1.82, 2.24) is 4.90 Å². The first-order valence-corrected chi connectivity index (χ1v) is 3.62. The minimum atomic E-state index is -0.323. The van der Waals surface area contributed by atoms with Crippen LogP contribution in [0.25, 0.3) is 0 Å². The van der Waals surface area contributed by atoms with Crippen molar-refractivity contribution in [1.29, 1.82) is 0 Å². The lowest BCUT2D eigenvalue weighted by molar-refractivity contribution is -0.118. The molecule has 10 heavy (non-hydrogen) atoms. The van der Waals surface area contributed by atoms with Crippen LogP contribution in [0, 0.1) is 0 Å². The summed E-state index contributed by atoms with van der Waals surface area (Å²) in [6.45, 7) is 4.54. The molecule has 0 radical (unpaired) electrons. The van der Waals surface area contributed by atoms with Crippen molar-refractivity contribution in [2.45, 2.75) is 0 Å². The standard InChI is InChI=1S/C6H11BrN2O/c1-5(7)3-9(2)4-6(8)10/h1,3-4H2,2H3,(H2,8,10). The molecule has 0 saturated heterocycles. The highest BCUT2D eigenvalue weighted by Gasteiger charge is 2.01. The Labute approximate surface area is 69.0 Å². The van der Waals surface area contributed by atoms with Crippen LogP contribution in [0.4, 0.5) is 0 Å². The summed E-state index contributed by atoms with van der Waals surface area (Å²) in [5.41, 5.74) is 4.94. The largest absolute Gasteiger partial charge is 0.369 e. The third-order valence-corrected chi connectivity index (χ3v) is 1.12. The van der Waals surface area contributed by atoms with Crippen LogP contribution in [0.1, 0.15) is 0 Å². The number of primary amides is 1. The normalized spacial score (nSPS) is 9.90. The molecule has 0 rings (SSSR count). The first-order valence-electron chi connectivity index (χ1n) is 2.82. The molecule has 0 unspecified atom stereocenters. The molecule has 0 aromatic carbocycles. The van der Waals surface area contributed by atoms with E-state index in [-0.39, 0.29) is 12.5 Å². The van der Waals surface area contributed by atoms with Crippen LogP contribution in [0.3, 0.4) is 0 Å². The van der Waals surface area contributed by atoms with Gasteiger partial charge in [0.1, 0.15) is 0 Å². The second kappa shape index (κ2) is 4.46. The van der Waals surface area contributed by atoms with E-state index in [0.29, 0.717) is 6.54 Å². The van der Waals surface area contributed by atoms with E-state index in [1.54, 1.807) is 11.9 Å². The van der Waals surface area contributed by atoms with Crippen molar-refractivity contribution >= 4 is 21.8 Å². The van der Waals surface area contributed by atoms with Crippen LogP contribution in [0.5, 0.6) is 0 Å². The van der Waals surface area contributed by atoms with E-state index in [4.69, 9.17) is 5.73 Å². The van der Waals surface area contributed by atoms with Crippen LogP contribution in [-0.2, 0) is 4.79 Å².